The zero-order valence-electron chi connectivity index (χ0n) is 12.0. The molecular formula is C16H25BrN2. The maximum absolute atomic E-state index is 3.50. The molecule has 1 N–H and O–H groups in total. The molecule has 0 amide bonds. The summed E-state index contributed by atoms with van der Waals surface area (Å²) in [6.45, 7) is 5.97. The van der Waals surface area contributed by atoms with Crippen LogP contribution < -0.4 is 5.32 Å². The Morgan fingerprint density at radius 2 is 1.89 bits per heavy atom. The second-order valence-corrected chi connectivity index (χ2v) is 6.51. The first-order valence-corrected chi connectivity index (χ1v) is 8.14. The fourth-order valence-corrected chi connectivity index (χ4v) is 3.19. The molecule has 1 unspecified atom stereocenters. The first kappa shape index (κ1) is 15.0. The van der Waals surface area contributed by atoms with Gasteiger partial charge in [0, 0.05) is 10.5 Å². The third-order valence-electron chi connectivity index (χ3n) is 4.35. The van der Waals surface area contributed by atoms with Crippen LogP contribution in [0.2, 0.25) is 0 Å². The van der Waals surface area contributed by atoms with E-state index in [1.165, 1.54) is 37.9 Å². The molecule has 2 rings (SSSR count). The smallest absolute Gasteiger partial charge is 0.0319 e. The molecule has 1 aliphatic rings. The molecule has 0 radical (unpaired) electrons. The van der Waals surface area contributed by atoms with E-state index in [4.69, 9.17) is 0 Å². The van der Waals surface area contributed by atoms with Crippen LogP contribution in [0.4, 0.5) is 0 Å². The Hall–Kier alpha value is -0.380. The Labute approximate surface area is 125 Å². The number of hydrogen-bond donors (Lipinski definition) is 1. The van der Waals surface area contributed by atoms with Gasteiger partial charge in [-0.25, -0.2) is 0 Å². The lowest BCUT2D eigenvalue weighted by atomic mass is 9.92. The van der Waals surface area contributed by atoms with Crippen LogP contribution >= 0.6 is 15.9 Å². The highest BCUT2D eigenvalue weighted by atomic mass is 79.9. The monoisotopic (exact) mass is 324 g/mol. The van der Waals surface area contributed by atoms with Crippen molar-refractivity contribution in [3.8, 4) is 0 Å². The lowest BCUT2D eigenvalue weighted by Gasteiger charge is -2.36. The number of benzene rings is 1. The first-order valence-electron chi connectivity index (χ1n) is 7.35. The molecule has 1 aromatic carbocycles. The number of halogens is 1. The quantitative estimate of drug-likeness (QED) is 0.885. The van der Waals surface area contributed by atoms with E-state index in [9.17, 15) is 0 Å². The van der Waals surface area contributed by atoms with Gasteiger partial charge in [0.2, 0.25) is 0 Å². The predicted molar refractivity (Wildman–Crippen MR) is 85.4 cm³/mol. The lowest BCUT2D eigenvalue weighted by molar-refractivity contribution is 0.137. The van der Waals surface area contributed by atoms with Gasteiger partial charge < -0.3 is 5.32 Å². The molecule has 0 bridgehead atoms. The van der Waals surface area contributed by atoms with Crippen LogP contribution in [0.25, 0.3) is 0 Å². The lowest BCUT2D eigenvalue weighted by Crippen LogP contribution is -2.36. The van der Waals surface area contributed by atoms with Crippen molar-refractivity contribution >= 4 is 15.9 Å². The summed E-state index contributed by atoms with van der Waals surface area (Å²) in [6, 6.07) is 9.30. The zero-order valence-corrected chi connectivity index (χ0v) is 13.6. The van der Waals surface area contributed by atoms with Gasteiger partial charge in [-0.15, -0.1) is 0 Å². The molecule has 106 valence electrons. The largest absolute Gasteiger partial charge is 0.320 e. The van der Waals surface area contributed by atoms with Crippen molar-refractivity contribution in [2.24, 2.45) is 5.92 Å². The number of likely N-dealkylation sites (tertiary alicyclic amines) is 1. The highest BCUT2D eigenvalue weighted by Crippen LogP contribution is 2.28. The number of nitrogens with zero attached hydrogens (tertiary/aromatic N) is 1. The number of nitrogens with one attached hydrogen (secondary N) is 1. The first-order chi connectivity index (χ1) is 9.20. The molecule has 19 heavy (non-hydrogen) atoms. The van der Waals surface area contributed by atoms with Crippen LogP contribution in [-0.4, -0.2) is 31.6 Å². The molecule has 0 aliphatic carbocycles. The highest BCUT2D eigenvalue weighted by molar-refractivity contribution is 9.10. The van der Waals surface area contributed by atoms with Gasteiger partial charge in [-0.3, -0.25) is 4.90 Å². The van der Waals surface area contributed by atoms with E-state index in [1.807, 2.05) is 7.05 Å². The third-order valence-corrected chi connectivity index (χ3v) is 4.88. The van der Waals surface area contributed by atoms with Crippen LogP contribution in [-0.2, 0) is 0 Å². The van der Waals surface area contributed by atoms with Crippen molar-refractivity contribution in [1.82, 2.24) is 10.2 Å². The SMILES string of the molecule is CNCCC1CCN(C(C)c2ccc(Br)cc2)CC1. The molecule has 0 saturated carbocycles. The van der Waals surface area contributed by atoms with E-state index >= 15 is 0 Å². The molecule has 1 saturated heterocycles. The van der Waals surface area contributed by atoms with Crippen molar-refractivity contribution < 1.29 is 0 Å². The van der Waals surface area contributed by atoms with E-state index in [2.05, 4.69) is 57.3 Å². The normalized spacial score (nSPS) is 19.5. The fraction of sp³-hybridized carbons (Fsp3) is 0.625. The van der Waals surface area contributed by atoms with Crippen molar-refractivity contribution in [2.75, 3.05) is 26.7 Å². The van der Waals surface area contributed by atoms with E-state index < -0.39 is 0 Å². The third kappa shape index (κ3) is 4.30. The average Bonchev–Trinajstić information content (AvgIpc) is 2.46. The maximum atomic E-state index is 3.50. The minimum Gasteiger partial charge on any atom is -0.320 e. The zero-order chi connectivity index (χ0) is 13.7. The van der Waals surface area contributed by atoms with Gasteiger partial charge in [0.25, 0.3) is 0 Å². The molecule has 1 aromatic rings. The molecule has 1 heterocycles. The Morgan fingerprint density at radius 1 is 1.26 bits per heavy atom. The second-order valence-electron chi connectivity index (χ2n) is 5.60. The topological polar surface area (TPSA) is 15.3 Å². The van der Waals surface area contributed by atoms with Gasteiger partial charge in [0.1, 0.15) is 0 Å². The summed E-state index contributed by atoms with van der Waals surface area (Å²) in [5.74, 6) is 0.917. The average molecular weight is 325 g/mol. The summed E-state index contributed by atoms with van der Waals surface area (Å²) in [5.41, 5.74) is 1.43. The summed E-state index contributed by atoms with van der Waals surface area (Å²) in [7, 11) is 2.05. The van der Waals surface area contributed by atoms with E-state index in [-0.39, 0.29) is 0 Å². The minimum atomic E-state index is 0.540. The fourth-order valence-electron chi connectivity index (χ4n) is 2.93. The van der Waals surface area contributed by atoms with Crippen LogP contribution in [0.5, 0.6) is 0 Å². The Kier molecular flexibility index (Phi) is 5.86. The van der Waals surface area contributed by atoms with Crippen molar-refractivity contribution in [1.29, 1.82) is 0 Å². The minimum absolute atomic E-state index is 0.540. The summed E-state index contributed by atoms with van der Waals surface area (Å²) < 4.78 is 1.16. The van der Waals surface area contributed by atoms with Gasteiger partial charge in [0.05, 0.1) is 0 Å². The number of rotatable bonds is 5. The Balaban J connectivity index is 1.85. The predicted octanol–water partition coefficient (Wildman–Crippen LogP) is 3.83. The standard InChI is InChI=1S/C16H25BrN2/c1-13(15-3-5-16(17)6-4-15)19-11-8-14(9-12-19)7-10-18-2/h3-6,13-14,18H,7-12H2,1-2H3. The summed E-state index contributed by atoms with van der Waals surface area (Å²) in [5, 5.41) is 3.26. The Morgan fingerprint density at radius 3 is 2.47 bits per heavy atom. The Bertz CT molecular complexity index is 369. The van der Waals surface area contributed by atoms with Crippen molar-refractivity contribution in [2.45, 2.75) is 32.2 Å². The molecule has 2 nitrogen and oxygen atoms in total. The highest BCUT2D eigenvalue weighted by Gasteiger charge is 2.23. The van der Waals surface area contributed by atoms with Crippen molar-refractivity contribution in [3.05, 3.63) is 34.3 Å². The summed E-state index contributed by atoms with van der Waals surface area (Å²) in [4.78, 5) is 2.62. The molecular weight excluding hydrogens is 300 g/mol. The van der Waals surface area contributed by atoms with Crippen LogP contribution in [0.3, 0.4) is 0 Å². The van der Waals surface area contributed by atoms with Gasteiger partial charge >= 0.3 is 0 Å². The van der Waals surface area contributed by atoms with Crippen LogP contribution in [0.15, 0.2) is 28.7 Å². The van der Waals surface area contributed by atoms with Gasteiger partial charge in [-0.1, -0.05) is 28.1 Å². The summed E-state index contributed by atoms with van der Waals surface area (Å²) >= 11 is 3.50. The molecule has 1 atom stereocenters. The number of hydrogen-bond acceptors (Lipinski definition) is 2. The molecule has 0 spiro atoms. The molecule has 0 aromatic heterocycles. The number of piperidine rings is 1. The summed E-state index contributed by atoms with van der Waals surface area (Å²) in [6.07, 6.45) is 4.03. The van der Waals surface area contributed by atoms with Gasteiger partial charge in [-0.2, -0.15) is 0 Å². The molecule has 1 fully saturated rings. The maximum Gasteiger partial charge on any atom is 0.0319 e. The molecule has 1 aliphatic heterocycles. The van der Waals surface area contributed by atoms with Gasteiger partial charge in [-0.05, 0) is 76.5 Å². The van der Waals surface area contributed by atoms with Gasteiger partial charge in [0.15, 0.2) is 0 Å². The van der Waals surface area contributed by atoms with Crippen molar-refractivity contribution in [3.63, 3.8) is 0 Å². The van der Waals surface area contributed by atoms with Crippen LogP contribution in [0, 0.1) is 5.92 Å². The van der Waals surface area contributed by atoms with E-state index in [0.717, 1.165) is 16.9 Å². The molecule has 3 heteroatoms. The van der Waals surface area contributed by atoms with E-state index in [0.29, 0.717) is 6.04 Å². The van der Waals surface area contributed by atoms with Crippen LogP contribution in [0.1, 0.15) is 37.8 Å². The second kappa shape index (κ2) is 7.41. The van der Waals surface area contributed by atoms with E-state index in [1.54, 1.807) is 0 Å².